The molecule has 1 unspecified atom stereocenters. The van der Waals surface area contributed by atoms with Gasteiger partial charge in [0.05, 0.1) is 65.9 Å². The van der Waals surface area contributed by atoms with Gasteiger partial charge in [-0.05, 0) is 123 Å². The first kappa shape index (κ1) is 53.8. The molecule has 0 bridgehead atoms. The topological polar surface area (TPSA) is 198 Å². The van der Waals surface area contributed by atoms with Crippen molar-refractivity contribution < 1.29 is 42.2 Å². The van der Waals surface area contributed by atoms with Crippen LogP contribution in [-0.2, 0) is 29.3 Å². The number of halogens is 2. The number of rotatable bonds is 14. The first-order valence-corrected chi connectivity index (χ1v) is 27.4. The molecule has 10 rings (SSSR count). The van der Waals surface area contributed by atoms with Gasteiger partial charge in [-0.1, -0.05) is 70.2 Å². The minimum atomic E-state index is -0.783. The average Bonchev–Trinajstić information content (AvgIpc) is 4.44. The molecule has 2 aromatic heterocycles. The van der Waals surface area contributed by atoms with Crippen LogP contribution in [0.5, 0.6) is 0 Å². The van der Waals surface area contributed by atoms with E-state index in [-0.39, 0.29) is 59.3 Å². The summed E-state index contributed by atoms with van der Waals surface area (Å²) in [6.45, 7) is 10.7. The highest BCUT2D eigenvalue weighted by Gasteiger charge is 2.44. The summed E-state index contributed by atoms with van der Waals surface area (Å²) in [6.07, 6.45) is 3.62. The molecule has 19 heteroatoms. The van der Waals surface area contributed by atoms with Crippen molar-refractivity contribution in [1.82, 2.24) is 40.4 Å². The number of fused-ring (bicyclic) bond motifs is 2. The SMILES string of the molecule is COC(=O)NC(C(=O)N1CCC[C@H]1c1nc2cc([C@H]3CC[C@H](c4ccc5[nH]c([C@@H]6CCCN6C(=O)[C@@H](NC(=O)OC)C(C)C)nc5c4)N3c3cc(F)c(N4CCC(C(C)=O)(c5ccccc5)CC4)c(F)c3)ccc2[nH]1)C(C)C. The highest BCUT2D eigenvalue weighted by Crippen LogP contribution is 2.49. The number of aromatic nitrogens is 4. The van der Waals surface area contributed by atoms with E-state index < -0.39 is 41.3 Å². The number of methoxy groups -OCH3 is 2. The van der Waals surface area contributed by atoms with E-state index in [0.29, 0.717) is 93.1 Å². The molecule has 6 atom stereocenters. The Kier molecular flexibility index (Phi) is 15.2. The van der Waals surface area contributed by atoms with E-state index in [0.717, 1.165) is 40.6 Å². The first-order chi connectivity index (χ1) is 37.5. The highest BCUT2D eigenvalue weighted by atomic mass is 19.1. The summed E-state index contributed by atoms with van der Waals surface area (Å²) >= 11 is 0. The number of aromatic amines is 2. The van der Waals surface area contributed by atoms with E-state index in [9.17, 15) is 24.0 Å². The van der Waals surface area contributed by atoms with E-state index >= 15 is 8.78 Å². The van der Waals surface area contributed by atoms with Crippen molar-refractivity contribution >= 4 is 63.2 Å². The minimum Gasteiger partial charge on any atom is -0.453 e. The molecule has 0 radical (unpaired) electrons. The van der Waals surface area contributed by atoms with Crippen LogP contribution in [-0.4, -0.2) is 112 Å². The third-order valence-corrected chi connectivity index (χ3v) is 16.9. The predicted octanol–water partition coefficient (Wildman–Crippen LogP) is 10.0. The zero-order valence-electron chi connectivity index (χ0n) is 45.4. The lowest BCUT2D eigenvalue weighted by Gasteiger charge is -2.42. The van der Waals surface area contributed by atoms with Crippen LogP contribution < -0.4 is 20.4 Å². The molecule has 78 heavy (non-hydrogen) atoms. The molecule has 0 saturated carbocycles. The Morgan fingerprint density at radius 1 is 0.628 bits per heavy atom. The van der Waals surface area contributed by atoms with Gasteiger partial charge in [0.2, 0.25) is 11.8 Å². The lowest BCUT2D eigenvalue weighted by molar-refractivity contribution is -0.136. The molecule has 412 valence electrons. The van der Waals surface area contributed by atoms with Gasteiger partial charge in [0, 0.05) is 31.9 Å². The number of nitrogens with zero attached hydrogens (tertiary/aromatic N) is 6. The molecule has 0 aliphatic carbocycles. The summed E-state index contributed by atoms with van der Waals surface area (Å²) in [5, 5.41) is 5.42. The number of ketones is 1. The Bertz CT molecular complexity index is 3060. The molecule has 4 amide bonds. The second-order valence-corrected chi connectivity index (χ2v) is 22.2. The van der Waals surface area contributed by atoms with Crippen molar-refractivity contribution in [2.75, 3.05) is 50.2 Å². The van der Waals surface area contributed by atoms with Crippen molar-refractivity contribution in [2.45, 2.75) is 128 Å². The van der Waals surface area contributed by atoms with E-state index in [4.69, 9.17) is 19.4 Å². The van der Waals surface area contributed by atoms with Crippen LogP contribution in [0.4, 0.5) is 29.7 Å². The standard InChI is InChI=1S/C59H70F2N10O7/c1-33(2)50(66-57(75)77-6)55(73)69-25-11-15-48(69)53-62-42-19-17-36(29-44(42)64-53)46-21-22-47(37-18-20-43-45(30-37)65-54(63-43)49-16-12-26-70(49)56(74)51(34(3)4)67-58(76)78-7)71(46)39-31-40(60)52(41(61)32-39)68-27-23-59(24-28-68,35(5)72)38-13-9-8-10-14-38/h8-10,13-14,17-20,29-34,46-51H,11-12,15-16,21-28H2,1-7H3,(H,62,64)(H,63,65)(H,66,75)(H,67,76)/t46-,47-,48+,49+,50+,51?/m1/s1. The van der Waals surface area contributed by atoms with Crippen molar-refractivity contribution in [2.24, 2.45) is 11.8 Å². The molecule has 17 nitrogen and oxygen atoms in total. The molecule has 4 fully saturated rings. The van der Waals surface area contributed by atoms with E-state index in [2.05, 4.69) is 25.5 Å². The summed E-state index contributed by atoms with van der Waals surface area (Å²) in [6, 6.07) is 21.5. The summed E-state index contributed by atoms with van der Waals surface area (Å²) in [7, 11) is 2.54. The molecule has 6 heterocycles. The third kappa shape index (κ3) is 10.1. The third-order valence-electron chi connectivity index (χ3n) is 16.9. The predicted molar refractivity (Wildman–Crippen MR) is 292 cm³/mol. The molecule has 4 aromatic carbocycles. The molecular formula is C59H70F2N10O7. The van der Waals surface area contributed by atoms with Gasteiger partial charge in [0.25, 0.3) is 0 Å². The van der Waals surface area contributed by atoms with Crippen molar-refractivity contribution in [3.8, 4) is 0 Å². The van der Waals surface area contributed by atoms with Gasteiger partial charge < -0.3 is 49.7 Å². The van der Waals surface area contributed by atoms with Crippen LogP contribution in [0, 0.1) is 23.5 Å². The zero-order chi connectivity index (χ0) is 55.2. The van der Waals surface area contributed by atoms with Crippen molar-refractivity contribution in [3.63, 3.8) is 0 Å². The number of Topliss-reactive ketones (excluding diaryl/α,β-unsaturated/α-hetero) is 1. The maximum absolute atomic E-state index is 17.0. The number of carbonyl (C=O) groups is 5. The van der Waals surface area contributed by atoms with Gasteiger partial charge in [-0.3, -0.25) is 14.4 Å². The van der Waals surface area contributed by atoms with Gasteiger partial charge in [0.1, 0.15) is 35.2 Å². The van der Waals surface area contributed by atoms with E-state index in [1.54, 1.807) is 21.6 Å². The number of imidazole rings is 2. The number of hydrogen-bond acceptors (Lipinski definition) is 11. The largest absolute Gasteiger partial charge is 0.453 e. The average molecular weight is 1070 g/mol. The lowest BCUT2D eigenvalue weighted by Crippen LogP contribution is -2.51. The second kappa shape index (κ2) is 22.0. The monoisotopic (exact) mass is 1070 g/mol. The smallest absolute Gasteiger partial charge is 0.407 e. The van der Waals surface area contributed by atoms with Gasteiger partial charge in [0.15, 0.2) is 11.6 Å². The fraction of sp³-hybridized carbons (Fsp3) is 0.475. The van der Waals surface area contributed by atoms with Crippen LogP contribution >= 0.6 is 0 Å². The Morgan fingerprint density at radius 2 is 1.09 bits per heavy atom. The highest BCUT2D eigenvalue weighted by molar-refractivity contribution is 5.89. The maximum atomic E-state index is 17.0. The van der Waals surface area contributed by atoms with Crippen LogP contribution in [0.3, 0.4) is 0 Å². The molecule has 4 aliphatic heterocycles. The molecule has 4 aliphatic rings. The van der Waals surface area contributed by atoms with Crippen molar-refractivity contribution in [1.29, 1.82) is 0 Å². The number of alkyl carbamates (subject to hydrolysis) is 2. The fourth-order valence-corrected chi connectivity index (χ4v) is 12.7. The number of amides is 4. The molecule has 4 N–H and O–H groups in total. The number of benzene rings is 4. The number of likely N-dealkylation sites (tertiary alicyclic amines) is 2. The first-order valence-electron chi connectivity index (χ1n) is 27.4. The van der Waals surface area contributed by atoms with Crippen LogP contribution in [0.1, 0.15) is 138 Å². The van der Waals surface area contributed by atoms with Crippen LogP contribution in [0.15, 0.2) is 78.9 Å². The Morgan fingerprint density at radius 3 is 1.51 bits per heavy atom. The van der Waals surface area contributed by atoms with Crippen LogP contribution in [0.25, 0.3) is 22.1 Å². The van der Waals surface area contributed by atoms with Gasteiger partial charge >= 0.3 is 12.2 Å². The Balaban J connectivity index is 0.976. The summed E-state index contributed by atoms with van der Waals surface area (Å²) in [5.74, 6) is -0.896. The number of anilines is 2. The fourth-order valence-electron chi connectivity index (χ4n) is 12.7. The normalized spacial score (nSPS) is 21.2. The summed E-state index contributed by atoms with van der Waals surface area (Å²) in [5.41, 5.74) is 5.10. The van der Waals surface area contributed by atoms with Gasteiger partial charge in [-0.15, -0.1) is 0 Å². The molecule has 6 aromatic rings. The minimum absolute atomic E-state index is 0.0325. The molecule has 4 saturated heterocycles. The molecule has 0 spiro atoms. The maximum Gasteiger partial charge on any atom is 0.407 e. The summed E-state index contributed by atoms with van der Waals surface area (Å²) < 4.78 is 43.7. The van der Waals surface area contributed by atoms with Gasteiger partial charge in [-0.2, -0.15) is 0 Å². The van der Waals surface area contributed by atoms with Crippen molar-refractivity contribution in [3.05, 3.63) is 119 Å². The second-order valence-electron chi connectivity index (χ2n) is 22.2. The Labute approximate surface area is 452 Å². The van der Waals surface area contributed by atoms with Gasteiger partial charge in [-0.25, -0.2) is 28.3 Å². The number of H-pyrrole nitrogens is 2. The summed E-state index contributed by atoms with van der Waals surface area (Å²) in [4.78, 5) is 90.2. The number of hydrogen-bond donors (Lipinski definition) is 4. The quantitative estimate of drug-likeness (QED) is 0.0810. The van der Waals surface area contributed by atoms with E-state index in [1.165, 1.54) is 26.4 Å². The number of piperidine rings is 1. The number of carbonyl (C=O) groups excluding carboxylic acids is 5. The Hall–Kier alpha value is -7.57. The van der Waals surface area contributed by atoms with E-state index in [1.807, 2.05) is 94.4 Å². The number of ether oxygens (including phenoxy) is 2. The zero-order valence-corrected chi connectivity index (χ0v) is 45.4. The lowest BCUT2D eigenvalue weighted by atomic mass is 9.70. The van der Waals surface area contributed by atoms with Crippen LogP contribution in [0.2, 0.25) is 0 Å². The molecular weight excluding hydrogens is 999 g/mol. The number of nitrogens with one attached hydrogen (secondary N) is 4.